The number of hydrogen-bond acceptors (Lipinski definition) is 2. The smallest absolute Gasteiger partial charge is 0.152 e. The first-order chi connectivity index (χ1) is 10.1. The minimum Gasteiger partial charge on any atom is -0.375 e. The average Bonchev–Trinajstić information content (AvgIpc) is 2.79. The lowest BCUT2D eigenvalue weighted by atomic mass is 10.2. The van der Waals surface area contributed by atoms with E-state index in [-0.39, 0.29) is 5.69 Å². The summed E-state index contributed by atoms with van der Waals surface area (Å²) in [6.07, 6.45) is 1.88. The summed E-state index contributed by atoms with van der Waals surface area (Å²) in [5.74, 6) is -1.15. The van der Waals surface area contributed by atoms with E-state index in [9.17, 15) is 8.78 Å². The maximum Gasteiger partial charge on any atom is 0.152 e. The van der Waals surface area contributed by atoms with Gasteiger partial charge in [-0.3, -0.25) is 0 Å². The van der Waals surface area contributed by atoms with Gasteiger partial charge in [-0.2, -0.15) is 0 Å². The third-order valence-corrected chi connectivity index (χ3v) is 3.55. The van der Waals surface area contributed by atoms with Crippen LogP contribution < -0.4 is 5.32 Å². The van der Waals surface area contributed by atoms with Gasteiger partial charge < -0.3 is 9.72 Å². The Morgan fingerprint density at radius 1 is 1.14 bits per heavy atom. The maximum absolute atomic E-state index is 14.0. The highest BCUT2D eigenvalue weighted by molar-refractivity contribution is 5.50. The van der Waals surface area contributed by atoms with Gasteiger partial charge in [-0.05, 0) is 37.6 Å². The number of aryl methyl sites for hydroxylation is 2. The van der Waals surface area contributed by atoms with E-state index in [1.165, 1.54) is 12.1 Å². The number of nitrogens with one attached hydrogen (secondary N) is 1. The van der Waals surface area contributed by atoms with Gasteiger partial charge in [0.2, 0.25) is 0 Å². The quantitative estimate of drug-likeness (QED) is 0.793. The number of fused-ring (bicyclic) bond motifs is 1. The lowest BCUT2D eigenvalue weighted by molar-refractivity contribution is 0.582. The number of anilines is 1. The molecule has 0 radical (unpaired) electrons. The SMILES string of the molecule is Cc1ccc(F)c(NCc2c(C)nc3ccccn23)c1F. The molecule has 108 valence electrons. The maximum atomic E-state index is 14.0. The molecule has 0 bridgehead atoms. The monoisotopic (exact) mass is 287 g/mol. The number of rotatable bonds is 3. The highest BCUT2D eigenvalue weighted by Gasteiger charge is 2.13. The van der Waals surface area contributed by atoms with Crippen LogP contribution in [0.5, 0.6) is 0 Å². The average molecular weight is 287 g/mol. The van der Waals surface area contributed by atoms with Crippen molar-refractivity contribution in [2.75, 3.05) is 5.32 Å². The second-order valence-electron chi connectivity index (χ2n) is 4.98. The molecule has 2 heterocycles. The van der Waals surface area contributed by atoms with Crippen LogP contribution in [0.4, 0.5) is 14.5 Å². The Morgan fingerprint density at radius 2 is 1.95 bits per heavy atom. The van der Waals surface area contributed by atoms with Crippen LogP contribution in [0.25, 0.3) is 5.65 Å². The largest absolute Gasteiger partial charge is 0.375 e. The van der Waals surface area contributed by atoms with Crippen molar-refractivity contribution in [3.05, 3.63) is 65.1 Å². The molecule has 0 atom stereocenters. The Labute approximate surface area is 121 Å². The van der Waals surface area contributed by atoms with Crippen molar-refractivity contribution >= 4 is 11.3 Å². The second-order valence-corrected chi connectivity index (χ2v) is 4.98. The molecule has 1 N–H and O–H groups in total. The molecule has 0 unspecified atom stereocenters. The number of benzene rings is 1. The molecule has 3 aromatic rings. The van der Waals surface area contributed by atoms with Crippen molar-refractivity contribution < 1.29 is 8.78 Å². The van der Waals surface area contributed by atoms with Gasteiger partial charge in [0.1, 0.15) is 17.2 Å². The number of halogens is 2. The Bertz CT molecular complexity index is 809. The van der Waals surface area contributed by atoms with Crippen molar-refractivity contribution in [3.63, 3.8) is 0 Å². The third-order valence-electron chi connectivity index (χ3n) is 3.55. The molecule has 3 nitrogen and oxygen atoms in total. The van der Waals surface area contributed by atoms with Crippen LogP contribution >= 0.6 is 0 Å². The molecule has 2 aromatic heterocycles. The summed E-state index contributed by atoms with van der Waals surface area (Å²) in [7, 11) is 0. The molecule has 0 saturated heterocycles. The van der Waals surface area contributed by atoms with Crippen molar-refractivity contribution in [1.82, 2.24) is 9.38 Å². The zero-order valence-corrected chi connectivity index (χ0v) is 11.8. The molecule has 0 fully saturated rings. The van der Waals surface area contributed by atoms with Crippen LogP contribution in [0.15, 0.2) is 36.5 Å². The highest BCUT2D eigenvalue weighted by Crippen LogP contribution is 2.23. The summed E-state index contributed by atoms with van der Waals surface area (Å²) in [6, 6.07) is 8.38. The van der Waals surface area contributed by atoms with Crippen LogP contribution in [-0.4, -0.2) is 9.38 Å². The molecule has 0 spiro atoms. The fraction of sp³-hybridized carbons (Fsp3) is 0.188. The minimum absolute atomic E-state index is 0.0970. The molecule has 0 amide bonds. The van der Waals surface area contributed by atoms with Crippen LogP contribution in [0.3, 0.4) is 0 Å². The Balaban J connectivity index is 1.94. The molecular formula is C16H15F2N3. The summed E-state index contributed by atoms with van der Waals surface area (Å²) in [5, 5.41) is 2.85. The predicted molar refractivity (Wildman–Crippen MR) is 78.4 cm³/mol. The van der Waals surface area contributed by atoms with Gasteiger partial charge in [0, 0.05) is 6.20 Å². The van der Waals surface area contributed by atoms with Crippen molar-refractivity contribution in [3.8, 4) is 0 Å². The van der Waals surface area contributed by atoms with Gasteiger partial charge in [0.05, 0.1) is 17.9 Å². The molecule has 3 rings (SSSR count). The van der Waals surface area contributed by atoms with Gasteiger partial charge in [-0.15, -0.1) is 0 Å². The number of pyridine rings is 1. The Morgan fingerprint density at radius 3 is 2.76 bits per heavy atom. The first-order valence-corrected chi connectivity index (χ1v) is 6.69. The van der Waals surface area contributed by atoms with E-state index in [0.29, 0.717) is 12.1 Å². The number of imidazole rings is 1. The molecule has 0 aliphatic carbocycles. The fourth-order valence-electron chi connectivity index (χ4n) is 2.37. The van der Waals surface area contributed by atoms with E-state index in [1.807, 2.05) is 35.7 Å². The molecule has 0 aliphatic heterocycles. The molecule has 5 heteroatoms. The van der Waals surface area contributed by atoms with E-state index < -0.39 is 11.6 Å². The number of aromatic nitrogens is 2. The van der Waals surface area contributed by atoms with Crippen LogP contribution in [0.1, 0.15) is 17.0 Å². The summed E-state index contributed by atoms with van der Waals surface area (Å²) >= 11 is 0. The molecule has 0 saturated carbocycles. The van der Waals surface area contributed by atoms with Gasteiger partial charge in [-0.25, -0.2) is 13.8 Å². The second kappa shape index (κ2) is 5.16. The van der Waals surface area contributed by atoms with Crippen LogP contribution in [-0.2, 0) is 6.54 Å². The van der Waals surface area contributed by atoms with E-state index in [1.54, 1.807) is 6.92 Å². The molecular weight excluding hydrogens is 272 g/mol. The van der Waals surface area contributed by atoms with E-state index >= 15 is 0 Å². The number of hydrogen-bond donors (Lipinski definition) is 1. The topological polar surface area (TPSA) is 29.3 Å². The standard InChI is InChI=1S/C16H15F2N3/c1-10-6-7-12(17)16(15(10)18)19-9-13-11(2)20-14-5-3-4-8-21(13)14/h3-8,19H,9H2,1-2H3. The molecule has 1 aromatic carbocycles. The lowest BCUT2D eigenvalue weighted by Crippen LogP contribution is -2.07. The van der Waals surface area contributed by atoms with Crippen LogP contribution in [0.2, 0.25) is 0 Å². The summed E-state index contributed by atoms with van der Waals surface area (Å²) in [4.78, 5) is 4.42. The zero-order valence-electron chi connectivity index (χ0n) is 11.8. The van der Waals surface area contributed by atoms with Gasteiger partial charge in [-0.1, -0.05) is 12.1 Å². The summed E-state index contributed by atoms with van der Waals surface area (Å²) in [5.41, 5.74) is 2.85. The molecule has 21 heavy (non-hydrogen) atoms. The third kappa shape index (κ3) is 2.35. The first-order valence-electron chi connectivity index (χ1n) is 6.69. The van der Waals surface area contributed by atoms with Crippen molar-refractivity contribution in [1.29, 1.82) is 0 Å². The normalized spacial score (nSPS) is 11.0. The summed E-state index contributed by atoms with van der Waals surface area (Å²) < 4.78 is 29.6. The fourth-order valence-corrected chi connectivity index (χ4v) is 2.37. The predicted octanol–water partition coefficient (Wildman–Crippen LogP) is 3.84. The highest BCUT2D eigenvalue weighted by atomic mass is 19.1. The van der Waals surface area contributed by atoms with Crippen molar-refractivity contribution in [2.24, 2.45) is 0 Å². The van der Waals surface area contributed by atoms with E-state index in [4.69, 9.17) is 0 Å². The first kappa shape index (κ1) is 13.5. The Kier molecular flexibility index (Phi) is 3.33. The Hall–Kier alpha value is -2.43. The number of nitrogens with zero attached hydrogens (tertiary/aromatic N) is 2. The van der Waals surface area contributed by atoms with Crippen molar-refractivity contribution in [2.45, 2.75) is 20.4 Å². The van der Waals surface area contributed by atoms with E-state index in [2.05, 4.69) is 10.3 Å². The lowest BCUT2D eigenvalue weighted by Gasteiger charge is -2.11. The van der Waals surface area contributed by atoms with Crippen LogP contribution in [0, 0.1) is 25.5 Å². The van der Waals surface area contributed by atoms with E-state index in [0.717, 1.165) is 17.0 Å². The zero-order chi connectivity index (χ0) is 15.0. The van der Waals surface area contributed by atoms with Gasteiger partial charge in [0.25, 0.3) is 0 Å². The summed E-state index contributed by atoms with van der Waals surface area (Å²) in [6.45, 7) is 3.79. The minimum atomic E-state index is -0.593. The molecule has 0 aliphatic rings. The van der Waals surface area contributed by atoms with Gasteiger partial charge in [0.15, 0.2) is 5.82 Å². The van der Waals surface area contributed by atoms with Gasteiger partial charge >= 0.3 is 0 Å².